The van der Waals surface area contributed by atoms with Crippen LogP contribution in [0.5, 0.6) is 0 Å². The zero-order chi connectivity index (χ0) is 20.4. The summed E-state index contributed by atoms with van der Waals surface area (Å²) in [7, 11) is 0. The average Bonchev–Trinajstić information content (AvgIpc) is 3.06. The van der Waals surface area contributed by atoms with Crippen molar-refractivity contribution >= 4 is 21.8 Å². The first-order valence-corrected chi connectivity index (χ1v) is 10.8. The summed E-state index contributed by atoms with van der Waals surface area (Å²) in [4.78, 5) is 0. The van der Waals surface area contributed by atoms with Gasteiger partial charge in [0.25, 0.3) is 0 Å². The molecule has 0 aliphatic rings. The first-order chi connectivity index (χ1) is 14.1. The van der Waals surface area contributed by atoms with Crippen molar-refractivity contribution < 1.29 is 0 Å². The van der Waals surface area contributed by atoms with Crippen LogP contribution in [0.3, 0.4) is 0 Å². The fraction of sp³-hybridized carbons (Fsp3) is 0.286. The van der Waals surface area contributed by atoms with Crippen LogP contribution in [-0.2, 0) is 6.54 Å². The third-order valence-electron chi connectivity index (χ3n) is 6.16. The van der Waals surface area contributed by atoms with Crippen LogP contribution in [0.4, 0.5) is 0 Å². The Balaban J connectivity index is 1.70. The number of allylic oxidation sites excluding steroid dienone is 2. The third kappa shape index (κ3) is 3.87. The van der Waals surface area contributed by atoms with E-state index in [4.69, 9.17) is 0 Å². The molecule has 0 radical (unpaired) electrons. The highest BCUT2D eigenvalue weighted by Gasteiger charge is 2.16. The van der Waals surface area contributed by atoms with E-state index in [1.54, 1.807) is 0 Å². The van der Waals surface area contributed by atoms with Crippen molar-refractivity contribution in [3.63, 3.8) is 0 Å². The number of para-hydroxylation sites is 2. The molecule has 4 aromatic rings. The molecule has 0 aliphatic heterocycles. The van der Waals surface area contributed by atoms with Crippen LogP contribution >= 0.6 is 0 Å². The molecule has 1 nitrogen and oxygen atoms in total. The molecular formula is C28H31N. The summed E-state index contributed by atoms with van der Waals surface area (Å²) in [6.07, 6.45) is 3.62. The van der Waals surface area contributed by atoms with Gasteiger partial charge in [0.1, 0.15) is 0 Å². The van der Waals surface area contributed by atoms with Gasteiger partial charge in [-0.15, -0.1) is 0 Å². The molecule has 2 atom stereocenters. The molecule has 148 valence electrons. The summed E-state index contributed by atoms with van der Waals surface area (Å²) in [5.41, 5.74) is 6.77. The van der Waals surface area contributed by atoms with E-state index in [1.807, 2.05) is 0 Å². The zero-order valence-corrected chi connectivity index (χ0v) is 18.0. The van der Waals surface area contributed by atoms with Crippen molar-refractivity contribution in [3.8, 4) is 0 Å². The Kier molecular flexibility index (Phi) is 5.58. The number of hydrogen-bond donors (Lipinski definition) is 0. The third-order valence-corrected chi connectivity index (χ3v) is 6.16. The topological polar surface area (TPSA) is 4.93 Å². The van der Waals surface area contributed by atoms with E-state index in [1.165, 1.54) is 44.9 Å². The number of benzene rings is 3. The highest BCUT2D eigenvalue weighted by Crippen LogP contribution is 2.31. The van der Waals surface area contributed by atoms with Crippen LogP contribution in [0.1, 0.15) is 51.2 Å². The van der Waals surface area contributed by atoms with E-state index in [0.717, 1.165) is 6.54 Å². The Morgan fingerprint density at radius 3 is 1.90 bits per heavy atom. The Morgan fingerprint density at radius 2 is 1.38 bits per heavy atom. The lowest BCUT2D eigenvalue weighted by Crippen LogP contribution is -2.07. The second-order valence-electron chi connectivity index (χ2n) is 8.52. The second kappa shape index (κ2) is 8.29. The van der Waals surface area contributed by atoms with Gasteiger partial charge in [-0.25, -0.2) is 0 Å². The van der Waals surface area contributed by atoms with Crippen molar-refractivity contribution in [2.45, 2.75) is 46.6 Å². The van der Waals surface area contributed by atoms with Gasteiger partial charge in [-0.2, -0.15) is 0 Å². The quantitative estimate of drug-likeness (QED) is 0.299. The van der Waals surface area contributed by atoms with Crippen LogP contribution < -0.4 is 0 Å². The molecule has 4 rings (SSSR count). The standard InChI is InChI=1S/C28H31N/c1-5-21(4)26(18-20(2)3)23-16-14-22(15-17-23)19-29-27-12-8-6-10-24(27)25-11-7-9-13-28(25)29/h6-18,21,26H,5,19H2,1-4H3. The SMILES string of the molecule is CCC(C)C(C=C(C)C)c1ccc(Cn2c3ccccc3c3ccccc32)cc1. The molecular weight excluding hydrogens is 350 g/mol. The monoisotopic (exact) mass is 381 g/mol. The highest BCUT2D eigenvalue weighted by molar-refractivity contribution is 6.08. The van der Waals surface area contributed by atoms with Crippen molar-refractivity contribution in [1.82, 2.24) is 4.57 Å². The van der Waals surface area contributed by atoms with E-state index in [2.05, 4.69) is 111 Å². The van der Waals surface area contributed by atoms with Gasteiger partial charge in [0.15, 0.2) is 0 Å². The molecule has 1 heterocycles. The van der Waals surface area contributed by atoms with Gasteiger partial charge < -0.3 is 4.57 Å². The molecule has 0 amide bonds. The fourth-order valence-electron chi connectivity index (χ4n) is 4.40. The lowest BCUT2D eigenvalue weighted by Gasteiger charge is -2.21. The van der Waals surface area contributed by atoms with Gasteiger partial charge in [0.05, 0.1) is 0 Å². The second-order valence-corrected chi connectivity index (χ2v) is 8.52. The maximum Gasteiger partial charge on any atom is 0.0494 e. The van der Waals surface area contributed by atoms with Crippen molar-refractivity contribution in [2.24, 2.45) is 5.92 Å². The Hall–Kier alpha value is -2.80. The van der Waals surface area contributed by atoms with E-state index in [9.17, 15) is 0 Å². The molecule has 1 heteroatoms. The normalized spacial score (nSPS) is 13.5. The van der Waals surface area contributed by atoms with Crippen LogP contribution in [0.25, 0.3) is 21.8 Å². The predicted octanol–water partition coefficient (Wildman–Crippen LogP) is 7.94. The highest BCUT2D eigenvalue weighted by atomic mass is 15.0. The average molecular weight is 382 g/mol. The molecule has 1 aromatic heterocycles. The summed E-state index contributed by atoms with van der Waals surface area (Å²) in [6, 6.07) is 26.8. The van der Waals surface area contributed by atoms with Gasteiger partial charge in [-0.3, -0.25) is 0 Å². The van der Waals surface area contributed by atoms with Gasteiger partial charge in [-0.1, -0.05) is 92.6 Å². The predicted molar refractivity (Wildman–Crippen MR) is 127 cm³/mol. The summed E-state index contributed by atoms with van der Waals surface area (Å²) < 4.78 is 2.45. The summed E-state index contributed by atoms with van der Waals surface area (Å²) in [6.45, 7) is 9.94. The molecule has 0 bridgehead atoms. The largest absolute Gasteiger partial charge is 0.336 e. The van der Waals surface area contributed by atoms with E-state index < -0.39 is 0 Å². The number of hydrogen-bond acceptors (Lipinski definition) is 0. The molecule has 0 saturated carbocycles. The van der Waals surface area contributed by atoms with Gasteiger partial charge in [0.2, 0.25) is 0 Å². The Morgan fingerprint density at radius 1 is 0.828 bits per heavy atom. The smallest absolute Gasteiger partial charge is 0.0494 e. The van der Waals surface area contributed by atoms with Crippen LogP contribution in [0.15, 0.2) is 84.4 Å². The molecule has 0 saturated heterocycles. The maximum absolute atomic E-state index is 2.45. The molecule has 0 aliphatic carbocycles. The minimum Gasteiger partial charge on any atom is -0.336 e. The number of nitrogens with zero attached hydrogens (tertiary/aromatic N) is 1. The first kappa shape index (κ1) is 19.5. The molecule has 0 fully saturated rings. The lowest BCUT2D eigenvalue weighted by atomic mass is 9.84. The number of aromatic nitrogens is 1. The Labute approximate surface area is 174 Å². The number of fused-ring (bicyclic) bond motifs is 3. The van der Waals surface area contributed by atoms with Crippen molar-refractivity contribution in [2.75, 3.05) is 0 Å². The van der Waals surface area contributed by atoms with Crippen molar-refractivity contribution in [3.05, 3.63) is 95.6 Å². The van der Waals surface area contributed by atoms with Crippen molar-refractivity contribution in [1.29, 1.82) is 0 Å². The minimum absolute atomic E-state index is 0.493. The lowest BCUT2D eigenvalue weighted by molar-refractivity contribution is 0.505. The summed E-state index contributed by atoms with van der Waals surface area (Å²) >= 11 is 0. The van der Waals surface area contributed by atoms with Crippen LogP contribution in [0.2, 0.25) is 0 Å². The fourth-order valence-corrected chi connectivity index (χ4v) is 4.40. The van der Waals surface area contributed by atoms with Gasteiger partial charge >= 0.3 is 0 Å². The summed E-state index contributed by atoms with van der Waals surface area (Å²) in [5.74, 6) is 1.14. The van der Waals surface area contributed by atoms with E-state index >= 15 is 0 Å². The first-order valence-electron chi connectivity index (χ1n) is 10.8. The van der Waals surface area contributed by atoms with Gasteiger partial charge in [0, 0.05) is 34.3 Å². The number of rotatable bonds is 6. The Bertz CT molecular complexity index is 1090. The molecule has 0 spiro atoms. The minimum atomic E-state index is 0.493. The van der Waals surface area contributed by atoms with Gasteiger partial charge in [-0.05, 0) is 43.0 Å². The van der Waals surface area contributed by atoms with Crippen LogP contribution in [-0.4, -0.2) is 4.57 Å². The zero-order valence-electron chi connectivity index (χ0n) is 18.0. The summed E-state index contributed by atoms with van der Waals surface area (Å²) in [5, 5.41) is 2.67. The maximum atomic E-state index is 2.45. The van der Waals surface area contributed by atoms with E-state index in [-0.39, 0.29) is 0 Å². The molecule has 3 aromatic carbocycles. The van der Waals surface area contributed by atoms with Crippen LogP contribution in [0, 0.1) is 5.92 Å². The van der Waals surface area contributed by atoms with E-state index in [0.29, 0.717) is 11.8 Å². The molecule has 29 heavy (non-hydrogen) atoms. The molecule has 2 unspecified atom stereocenters. The molecule has 0 N–H and O–H groups in total.